The van der Waals surface area contributed by atoms with Crippen LogP contribution >= 0.6 is 0 Å². The van der Waals surface area contributed by atoms with Crippen molar-refractivity contribution in [2.24, 2.45) is 0 Å². The number of nitrogens with one attached hydrogen (secondary N) is 1. The van der Waals surface area contributed by atoms with Crippen molar-refractivity contribution >= 4 is 11.7 Å². The SMILES string of the molecule is C=CN1NC(=O)C(=O)C1C. The van der Waals surface area contributed by atoms with Crippen LogP contribution in [0.1, 0.15) is 6.92 Å². The molecule has 4 nitrogen and oxygen atoms in total. The fourth-order valence-electron chi connectivity index (χ4n) is 0.789. The molecule has 1 aliphatic rings. The molecule has 1 amide bonds. The number of Topliss-reactive ketones (excluding diaryl/α,β-unsaturated/α-hetero) is 1. The smallest absolute Gasteiger partial charge is 0.286 e. The summed E-state index contributed by atoms with van der Waals surface area (Å²) in [7, 11) is 0. The van der Waals surface area contributed by atoms with E-state index >= 15 is 0 Å². The van der Waals surface area contributed by atoms with Gasteiger partial charge >= 0.3 is 5.91 Å². The quantitative estimate of drug-likeness (QED) is 0.496. The average molecular weight is 140 g/mol. The first-order chi connectivity index (χ1) is 4.66. The van der Waals surface area contributed by atoms with Gasteiger partial charge in [0.2, 0.25) is 5.78 Å². The molecular formula is C6H8N2O2. The number of carbonyl (C=O) groups is 2. The standard InChI is InChI=1S/C6H8N2O2/c1-3-8-4(2)5(9)6(10)7-8/h3-4H,1H2,2H3,(H,7,10). The second-order valence-corrected chi connectivity index (χ2v) is 2.07. The van der Waals surface area contributed by atoms with Crippen LogP contribution in [0.4, 0.5) is 0 Å². The Kier molecular flexibility index (Phi) is 1.45. The lowest BCUT2D eigenvalue weighted by atomic mass is 10.2. The maximum absolute atomic E-state index is 10.8. The molecule has 0 radical (unpaired) electrons. The summed E-state index contributed by atoms with van der Waals surface area (Å²) < 4.78 is 0. The summed E-state index contributed by atoms with van der Waals surface area (Å²) in [6.07, 6.45) is 1.41. The van der Waals surface area contributed by atoms with Crippen LogP contribution in [0.5, 0.6) is 0 Å². The van der Waals surface area contributed by atoms with E-state index in [2.05, 4.69) is 12.0 Å². The molecule has 0 aromatic carbocycles. The van der Waals surface area contributed by atoms with Crippen LogP contribution in [0.15, 0.2) is 12.8 Å². The number of ketones is 1. The second kappa shape index (κ2) is 2.13. The first-order valence-corrected chi connectivity index (χ1v) is 2.92. The topological polar surface area (TPSA) is 49.4 Å². The van der Waals surface area contributed by atoms with Crippen molar-refractivity contribution in [2.75, 3.05) is 0 Å². The fraction of sp³-hybridized carbons (Fsp3) is 0.333. The highest BCUT2D eigenvalue weighted by molar-refractivity contribution is 6.39. The number of carbonyl (C=O) groups excluding carboxylic acids is 2. The number of nitrogens with zero attached hydrogens (tertiary/aromatic N) is 1. The highest BCUT2D eigenvalue weighted by Gasteiger charge is 2.33. The van der Waals surface area contributed by atoms with Crippen LogP contribution in [-0.4, -0.2) is 22.7 Å². The summed E-state index contributed by atoms with van der Waals surface area (Å²) >= 11 is 0. The molecule has 1 unspecified atom stereocenters. The molecule has 1 aliphatic heterocycles. The third kappa shape index (κ3) is 0.775. The summed E-state index contributed by atoms with van der Waals surface area (Å²) in [5.41, 5.74) is 2.33. The van der Waals surface area contributed by atoms with Crippen LogP contribution in [0.3, 0.4) is 0 Å². The predicted octanol–water partition coefficient (Wildman–Crippen LogP) is -0.566. The number of amides is 1. The minimum absolute atomic E-state index is 0.412. The van der Waals surface area contributed by atoms with Gasteiger partial charge in [0.1, 0.15) is 6.04 Å². The van der Waals surface area contributed by atoms with Gasteiger partial charge in [-0.05, 0) is 6.92 Å². The van der Waals surface area contributed by atoms with Gasteiger partial charge in [-0.1, -0.05) is 6.58 Å². The minimum Gasteiger partial charge on any atom is -0.286 e. The van der Waals surface area contributed by atoms with Gasteiger partial charge in [-0.25, -0.2) is 0 Å². The van der Waals surface area contributed by atoms with Crippen molar-refractivity contribution in [3.05, 3.63) is 12.8 Å². The summed E-state index contributed by atoms with van der Waals surface area (Å²) in [5, 5.41) is 1.38. The highest BCUT2D eigenvalue weighted by atomic mass is 16.2. The molecule has 0 spiro atoms. The Labute approximate surface area is 58.5 Å². The van der Waals surface area contributed by atoms with E-state index in [4.69, 9.17) is 0 Å². The molecule has 1 saturated heterocycles. The zero-order valence-electron chi connectivity index (χ0n) is 5.63. The lowest BCUT2D eigenvalue weighted by Crippen LogP contribution is -2.31. The van der Waals surface area contributed by atoms with E-state index in [0.717, 1.165) is 0 Å². The van der Waals surface area contributed by atoms with E-state index < -0.39 is 17.7 Å². The molecule has 1 atom stereocenters. The Morgan fingerprint density at radius 1 is 1.70 bits per heavy atom. The summed E-state index contributed by atoms with van der Waals surface area (Å²) in [6, 6.07) is -0.412. The van der Waals surface area contributed by atoms with E-state index in [1.165, 1.54) is 11.2 Å². The molecule has 0 bridgehead atoms. The van der Waals surface area contributed by atoms with Crippen LogP contribution in [0.25, 0.3) is 0 Å². The molecular weight excluding hydrogens is 132 g/mol. The largest absolute Gasteiger partial charge is 0.308 e. The van der Waals surface area contributed by atoms with E-state index in [-0.39, 0.29) is 0 Å². The van der Waals surface area contributed by atoms with Gasteiger partial charge in [-0.15, -0.1) is 0 Å². The number of rotatable bonds is 1. The molecule has 0 saturated carbocycles. The first-order valence-electron chi connectivity index (χ1n) is 2.92. The molecule has 4 heteroatoms. The van der Waals surface area contributed by atoms with Gasteiger partial charge in [0.15, 0.2) is 0 Å². The van der Waals surface area contributed by atoms with Crippen LogP contribution in [0.2, 0.25) is 0 Å². The molecule has 1 heterocycles. The van der Waals surface area contributed by atoms with Crippen molar-refractivity contribution < 1.29 is 9.59 Å². The van der Waals surface area contributed by atoms with Crippen LogP contribution < -0.4 is 5.43 Å². The van der Waals surface area contributed by atoms with E-state index in [9.17, 15) is 9.59 Å². The molecule has 0 aliphatic carbocycles. The zero-order chi connectivity index (χ0) is 7.72. The third-order valence-electron chi connectivity index (χ3n) is 1.45. The molecule has 1 fully saturated rings. The minimum atomic E-state index is -0.563. The summed E-state index contributed by atoms with van der Waals surface area (Å²) in [4.78, 5) is 21.4. The Morgan fingerprint density at radius 2 is 2.30 bits per heavy atom. The Balaban J connectivity index is 2.80. The van der Waals surface area contributed by atoms with Gasteiger partial charge in [-0.3, -0.25) is 20.0 Å². The Bertz CT molecular complexity index is 200. The molecule has 0 aromatic rings. The van der Waals surface area contributed by atoms with Crippen LogP contribution in [-0.2, 0) is 9.59 Å². The zero-order valence-corrected chi connectivity index (χ0v) is 5.63. The fourth-order valence-corrected chi connectivity index (χ4v) is 0.789. The van der Waals surface area contributed by atoms with Gasteiger partial charge in [0, 0.05) is 6.20 Å². The van der Waals surface area contributed by atoms with Crippen molar-refractivity contribution in [3.63, 3.8) is 0 Å². The van der Waals surface area contributed by atoms with E-state index in [1.807, 2.05) is 0 Å². The van der Waals surface area contributed by atoms with E-state index in [1.54, 1.807) is 6.92 Å². The van der Waals surface area contributed by atoms with Crippen molar-refractivity contribution in [2.45, 2.75) is 13.0 Å². The third-order valence-corrected chi connectivity index (χ3v) is 1.45. The molecule has 0 aromatic heterocycles. The number of hydrogen-bond donors (Lipinski definition) is 1. The lowest BCUT2D eigenvalue weighted by Gasteiger charge is -2.14. The number of hydrogen-bond acceptors (Lipinski definition) is 3. The monoisotopic (exact) mass is 140 g/mol. The van der Waals surface area contributed by atoms with Crippen molar-refractivity contribution in [3.8, 4) is 0 Å². The first kappa shape index (κ1) is 6.80. The van der Waals surface area contributed by atoms with Gasteiger partial charge < -0.3 is 0 Å². The molecule has 10 heavy (non-hydrogen) atoms. The number of hydrazine groups is 1. The summed E-state index contributed by atoms with van der Waals surface area (Å²) in [6.45, 7) is 5.06. The predicted molar refractivity (Wildman–Crippen MR) is 34.6 cm³/mol. The molecule has 1 rings (SSSR count). The van der Waals surface area contributed by atoms with Gasteiger partial charge in [0.25, 0.3) is 0 Å². The highest BCUT2D eigenvalue weighted by Crippen LogP contribution is 2.04. The Morgan fingerprint density at radius 3 is 2.50 bits per heavy atom. The molecule has 54 valence electrons. The maximum Gasteiger partial charge on any atom is 0.308 e. The summed E-state index contributed by atoms with van der Waals surface area (Å²) in [5.74, 6) is -0.979. The second-order valence-electron chi connectivity index (χ2n) is 2.07. The average Bonchev–Trinajstić information content (AvgIpc) is 2.17. The van der Waals surface area contributed by atoms with Crippen molar-refractivity contribution in [1.29, 1.82) is 0 Å². The van der Waals surface area contributed by atoms with Crippen LogP contribution in [0, 0.1) is 0 Å². The van der Waals surface area contributed by atoms with E-state index in [0.29, 0.717) is 0 Å². The normalized spacial score (nSPS) is 24.9. The molecule has 1 N–H and O–H groups in total. The maximum atomic E-state index is 10.8. The van der Waals surface area contributed by atoms with Gasteiger partial charge in [-0.2, -0.15) is 0 Å². The van der Waals surface area contributed by atoms with Crippen molar-refractivity contribution in [1.82, 2.24) is 10.4 Å². The lowest BCUT2D eigenvalue weighted by molar-refractivity contribution is -0.135. The Hall–Kier alpha value is -1.32. The van der Waals surface area contributed by atoms with Gasteiger partial charge in [0.05, 0.1) is 0 Å².